The van der Waals surface area contributed by atoms with Crippen LogP contribution in [-0.4, -0.2) is 29.0 Å². The van der Waals surface area contributed by atoms with Crippen molar-refractivity contribution in [3.63, 3.8) is 0 Å². The summed E-state index contributed by atoms with van der Waals surface area (Å²) in [6.07, 6.45) is 0.659. The van der Waals surface area contributed by atoms with Crippen LogP contribution in [0.25, 0.3) is 0 Å². The highest BCUT2D eigenvalue weighted by Crippen LogP contribution is 2.35. The van der Waals surface area contributed by atoms with E-state index in [0.29, 0.717) is 6.61 Å². The zero-order valence-electron chi connectivity index (χ0n) is 5.97. The number of hydrogen-bond donors (Lipinski definition) is 2. The van der Waals surface area contributed by atoms with Gasteiger partial charge in [-0.2, -0.15) is 0 Å². The predicted octanol–water partition coefficient (Wildman–Crippen LogP) is 0.275. The van der Waals surface area contributed by atoms with Crippen molar-refractivity contribution in [2.45, 2.75) is 19.1 Å². The van der Waals surface area contributed by atoms with Crippen molar-refractivity contribution in [1.82, 2.24) is 0 Å². The van der Waals surface area contributed by atoms with Gasteiger partial charge >= 0.3 is 7.60 Å². The molecule has 1 rings (SSSR count). The van der Waals surface area contributed by atoms with Gasteiger partial charge < -0.3 is 19.3 Å². The van der Waals surface area contributed by atoms with Gasteiger partial charge in [0.1, 0.15) is 0 Å². The standard InChI is InChI=1S/C5H11O5P/c6-11(7,8)4-10-5-2-1-3-9-5/h5H,1-4H2,(H2,6,7,8)/t5-/m1/s1. The van der Waals surface area contributed by atoms with Crippen LogP contribution >= 0.6 is 7.60 Å². The van der Waals surface area contributed by atoms with Gasteiger partial charge in [0.25, 0.3) is 0 Å². The maximum absolute atomic E-state index is 10.3. The molecule has 0 aromatic rings. The van der Waals surface area contributed by atoms with Crippen molar-refractivity contribution >= 4 is 7.60 Å². The van der Waals surface area contributed by atoms with E-state index in [0.717, 1.165) is 12.8 Å². The van der Waals surface area contributed by atoms with Gasteiger partial charge in [0.15, 0.2) is 12.6 Å². The smallest absolute Gasteiger partial charge is 0.351 e. The normalized spacial score (nSPS) is 25.8. The molecule has 1 aliphatic rings. The van der Waals surface area contributed by atoms with E-state index in [9.17, 15) is 4.57 Å². The van der Waals surface area contributed by atoms with Gasteiger partial charge in [-0.15, -0.1) is 0 Å². The Hall–Kier alpha value is 0.0700. The van der Waals surface area contributed by atoms with E-state index in [-0.39, 0.29) is 0 Å². The summed E-state index contributed by atoms with van der Waals surface area (Å²) in [5, 5.41) is 0. The van der Waals surface area contributed by atoms with Crippen molar-refractivity contribution in [3.8, 4) is 0 Å². The third-order valence-electron chi connectivity index (χ3n) is 1.32. The third-order valence-corrected chi connectivity index (χ3v) is 1.80. The molecule has 1 heterocycles. The molecular weight excluding hydrogens is 171 g/mol. The summed E-state index contributed by atoms with van der Waals surface area (Å²) in [4.78, 5) is 16.8. The fourth-order valence-electron chi connectivity index (χ4n) is 0.860. The van der Waals surface area contributed by atoms with Crippen molar-refractivity contribution < 1.29 is 23.8 Å². The number of rotatable bonds is 3. The van der Waals surface area contributed by atoms with Gasteiger partial charge in [-0.25, -0.2) is 0 Å². The summed E-state index contributed by atoms with van der Waals surface area (Å²) in [7, 11) is -4.02. The Balaban J connectivity index is 2.16. The second-order valence-corrected chi connectivity index (χ2v) is 3.99. The highest BCUT2D eigenvalue weighted by Gasteiger charge is 2.20. The molecule has 2 N–H and O–H groups in total. The first kappa shape index (κ1) is 9.16. The lowest BCUT2D eigenvalue weighted by atomic mass is 10.4. The van der Waals surface area contributed by atoms with E-state index >= 15 is 0 Å². The molecule has 1 atom stereocenters. The first-order valence-electron chi connectivity index (χ1n) is 3.36. The minimum absolute atomic E-state index is 0.414. The second-order valence-electron chi connectivity index (χ2n) is 2.40. The molecule has 1 aliphatic heterocycles. The summed E-state index contributed by atoms with van der Waals surface area (Å²) in [6.45, 7) is 0.617. The molecule has 0 spiro atoms. The van der Waals surface area contributed by atoms with E-state index in [1.165, 1.54) is 0 Å². The zero-order valence-corrected chi connectivity index (χ0v) is 6.87. The predicted molar refractivity (Wildman–Crippen MR) is 37.0 cm³/mol. The van der Waals surface area contributed by atoms with Crippen LogP contribution in [0.15, 0.2) is 0 Å². The van der Waals surface area contributed by atoms with E-state index < -0.39 is 20.2 Å². The van der Waals surface area contributed by atoms with Crippen molar-refractivity contribution in [1.29, 1.82) is 0 Å². The molecule has 11 heavy (non-hydrogen) atoms. The second kappa shape index (κ2) is 3.65. The van der Waals surface area contributed by atoms with E-state index in [1.807, 2.05) is 0 Å². The minimum atomic E-state index is -4.02. The molecule has 0 aromatic carbocycles. The molecule has 0 bridgehead atoms. The van der Waals surface area contributed by atoms with Crippen LogP contribution in [0.3, 0.4) is 0 Å². The monoisotopic (exact) mass is 182 g/mol. The van der Waals surface area contributed by atoms with Gasteiger partial charge in [0.2, 0.25) is 0 Å². The van der Waals surface area contributed by atoms with Crippen molar-refractivity contribution in [2.75, 3.05) is 13.0 Å². The lowest BCUT2D eigenvalue weighted by Gasteiger charge is -2.10. The van der Waals surface area contributed by atoms with E-state index in [4.69, 9.17) is 19.3 Å². The fourth-order valence-corrected chi connectivity index (χ4v) is 1.22. The summed E-state index contributed by atoms with van der Waals surface area (Å²) in [6, 6.07) is 0. The minimum Gasteiger partial charge on any atom is -0.353 e. The molecule has 5 nitrogen and oxygen atoms in total. The summed E-state index contributed by atoms with van der Waals surface area (Å²) < 4.78 is 20.1. The maximum Gasteiger partial charge on any atom is 0.351 e. The van der Waals surface area contributed by atoms with Crippen LogP contribution in [0.5, 0.6) is 0 Å². The lowest BCUT2D eigenvalue weighted by Crippen LogP contribution is -2.11. The van der Waals surface area contributed by atoms with Crippen LogP contribution in [0.1, 0.15) is 12.8 Å². The fraction of sp³-hybridized carbons (Fsp3) is 1.00. The molecule has 0 unspecified atom stereocenters. The van der Waals surface area contributed by atoms with Gasteiger partial charge in [-0.1, -0.05) is 0 Å². The Kier molecular flexibility index (Phi) is 3.04. The Bertz CT molecular complexity index is 158. The molecular formula is C5H11O5P. The molecule has 0 aliphatic carbocycles. The molecule has 66 valence electrons. The molecule has 0 aromatic heterocycles. The van der Waals surface area contributed by atoms with Gasteiger partial charge in [0, 0.05) is 13.0 Å². The molecule has 1 fully saturated rings. The van der Waals surface area contributed by atoms with E-state index in [2.05, 4.69) is 0 Å². The maximum atomic E-state index is 10.3. The van der Waals surface area contributed by atoms with Crippen LogP contribution < -0.4 is 0 Å². The zero-order chi connectivity index (χ0) is 8.32. The Morgan fingerprint density at radius 2 is 2.36 bits per heavy atom. The quantitative estimate of drug-likeness (QED) is 0.613. The Morgan fingerprint density at radius 3 is 2.82 bits per heavy atom. The average molecular weight is 182 g/mol. The van der Waals surface area contributed by atoms with Crippen LogP contribution in [-0.2, 0) is 14.0 Å². The number of ether oxygens (including phenoxy) is 2. The van der Waals surface area contributed by atoms with Crippen LogP contribution in [0.2, 0.25) is 0 Å². The third kappa shape index (κ3) is 3.84. The SMILES string of the molecule is O=P(O)(O)CO[C@@H]1CCCO1. The molecule has 0 saturated carbocycles. The van der Waals surface area contributed by atoms with Crippen molar-refractivity contribution in [2.24, 2.45) is 0 Å². The van der Waals surface area contributed by atoms with Crippen LogP contribution in [0, 0.1) is 0 Å². The lowest BCUT2D eigenvalue weighted by molar-refractivity contribution is -0.0987. The largest absolute Gasteiger partial charge is 0.353 e. The molecule has 1 saturated heterocycles. The Morgan fingerprint density at radius 1 is 1.64 bits per heavy atom. The summed E-state index contributed by atoms with van der Waals surface area (Å²) in [5.41, 5.74) is 0. The number of hydrogen-bond acceptors (Lipinski definition) is 3. The Labute approximate surface area is 64.5 Å². The van der Waals surface area contributed by atoms with E-state index in [1.54, 1.807) is 0 Å². The van der Waals surface area contributed by atoms with Gasteiger partial charge in [-0.3, -0.25) is 4.57 Å². The van der Waals surface area contributed by atoms with Gasteiger partial charge in [0.05, 0.1) is 0 Å². The molecule has 0 radical (unpaired) electrons. The first-order valence-corrected chi connectivity index (χ1v) is 5.15. The van der Waals surface area contributed by atoms with Crippen molar-refractivity contribution in [3.05, 3.63) is 0 Å². The van der Waals surface area contributed by atoms with Crippen LogP contribution in [0.4, 0.5) is 0 Å². The average Bonchev–Trinajstić information content (AvgIpc) is 2.32. The summed E-state index contributed by atoms with van der Waals surface area (Å²) >= 11 is 0. The van der Waals surface area contributed by atoms with Gasteiger partial charge in [-0.05, 0) is 6.42 Å². The highest BCUT2D eigenvalue weighted by atomic mass is 31.2. The molecule has 0 amide bonds. The topological polar surface area (TPSA) is 76.0 Å². The molecule has 6 heteroatoms. The summed E-state index contributed by atoms with van der Waals surface area (Å²) in [5.74, 6) is 0. The first-order chi connectivity index (χ1) is 5.08. The highest BCUT2D eigenvalue weighted by molar-refractivity contribution is 7.51.